The van der Waals surface area contributed by atoms with Crippen LogP contribution < -0.4 is 4.72 Å². The molecule has 4 nitrogen and oxygen atoms in total. The molecule has 0 saturated heterocycles. The third-order valence-electron chi connectivity index (χ3n) is 2.82. The first-order chi connectivity index (χ1) is 9.15. The average molecular weight is 310 g/mol. The normalized spacial score (nSPS) is 12.4. The lowest BCUT2D eigenvalue weighted by Gasteiger charge is -2.18. The summed E-state index contributed by atoms with van der Waals surface area (Å²) in [5.41, 5.74) is 3.13. The van der Waals surface area contributed by atoms with E-state index in [1.54, 1.807) is 0 Å². The van der Waals surface area contributed by atoms with Gasteiger partial charge in [0.2, 0.25) is 10.0 Å². The molecule has 1 aromatic carbocycles. The number of nitrogens with zero attached hydrogens (tertiary/aromatic N) is 1. The highest BCUT2D eigenvalue weighted by Crippen LogP contribution is 2.28. The van der Waals surface area contributed by atoms with Gasteiger partial charge in [-0.25, -0.2) is 13.4 Å². The maximum absolute atomic E-state index is 11.2. The van der Waals surface area contributed by atoms with Crippen molar-refractivity contribution in [1.82, 2.24) is 4.98 Å². The van der Waals surface area contributed by atoms with Crippen LogP contribution >= 0.6 is 11.3 Å². The van der Waals surface area contributed by atoms with Crippen molar-refractivity contribution in [2.45, 2.75) is 26.2 Å². The number of thiazole rings is 1. The molecule has 0 amide bonds. The van der Waals surface area contributed by atoms with Gasteiger partial charge in [-0.15, -0.1) is 11.3 Å². The Morgan fingerprint density at radius 3 is 2.25 bits per heavy atom. The van der Waals surface area contributed by atoms with Crippen LogP contribution in [0.1, 0.15) is 26.3 Å². The van der Waals surface area contributed by atoms with Gasteiger partial charge in [-0.05, 0) is 11.0 Å². The molecule has 0 aliphatic heterocycles. The molecule has 1 aromatic heterocycles. The minimum atomic E-state index is -3.27. The number of sulfonamides is 1. The third-order valence-corrected chi connectivity index (χ3v) is 4.27. The molecule has 0 spiro atoms. The van der Waals surface area contributed by atoms with Gasteiger partial charge in [0.05, 0.1) is 11.9 Å². The number of anilines is 1. The molecule has 0 saturated carbocycles. The fraction of sp³-hybridized carbons (Fsp3) is 0.357. The van der Waals surface area contributed by atoms with Gasteiger partial charge in [-0.3, -0.25) is 4.72 Å². The van der Waals surface area contributed by atoms with Crippen molar-refractivity contribution in [2.24, 2.45) is 0 Å². The molecule has 108 valence electrons. The van der Waals surface area contributed by atoms with E-state index >= 15 is 0 Å². The van der Waals surface area contributed by atoms with E-state index in [1.807, 2.05) is 17.5 Å². The number of nitrogens with one attached hydrogen (secondary N) is 1. The fourth-order valence-corrected chi connectivity index (χ4v) is 3.33. The van der Waals surface area contributed by atoms with Crippen LogP contribution in [-0.4, -0.2) is 19.7 Å². The monoisotopic (exact) mass is 310 g/mol. The quantitative estimate of drug-likeness (QED) is 0.944. The topological polar surface area (TPSA) is 59.1 Å². The van der Waals surface area contributed by atoms with E-state index in [9.17, 15) is 8.42 Å². The van der Waals surface area contributed by atoms with Gasteiger partial charge >= 0.3 is 0 Å². The molecule has 2 aromatic rings. The fourth-order valence-electron chi connectivity index (χ4n) is 1.75. The van der Waals surface area contributed by atoms with Crippen LogP contribution in [0.4, 0.5) is 5.13 Å². The Labute approximate surface area is 123 Å². The SMILES string of the molecule is CC(C)(C)c1ccc(-c2csc(NS(C)(=O)=O)n2)cc1. The molecule has 0 unspecified atom stereocenters. The molecule has 20 heavy (non-hydrogen) atoms. The lowest BCUT2D eigenvalue weighted by Crippen LogP contribution is -2.10. The zero-order valence-corrected chi connectivity index (χ0v) is 13.6. The highest BCUT2D eigenvalue weighted by Gasteiger charge is 2.14. The van der Waals surface area contributed by atoms with Gasteiger partial charge in [0, 0.05) is 10.9 Å². The molecule has 0 aliphatic rings. The van der Waals surface area contributed by atoms with E-state index < -0.39 is 10.0 Å². The third kappa shape index (κ3) is 3.80. The second-order valence-electron chi connectivity index (χ2n) is 5.74. The van der Waals surface area contributed by atoms with Crippen LogP contribution in [0.5, 0.6) is 0 Å². The molecule has 0 aliphatic carbocycles. The summed E-state index contributed by atoms with van der Waals surface area (Å²) in [6.07, 6.45) is 1.12. The molecule has 1 heterocycles. The summed E-state index contributed by atoms with van der Waals surface area (Å²) in [6, 6.07) is 8.19. The van der Waals surface area contributed by atoms with Crippen LogP contribution in [-0.2, 0) is 15.4 Å². The molecular weight excluding hydrogens is 292 g/mol. The second kappa shape index (κ2) is 5.18. The highest BCUT2D eigenvalue weighted by atomic mass is 32.2. The zero-order chi connectivity index (χ0) is 15.0. The van der Waals surface area contributed by atoms with Crippen molar-refractivity contribution < 1.29 is 8.42 Å². The Morgan fingerprint density at radius 1 is 1.15 bits per heavy atom. The van der Waals surface area contributed by atoms with E-state index in [0.29, 0.717) is 5.13 Å². The first-order valence-corrected chi connectivity index (χ1v) is 8.96. The van der Waals surface area contributed by atoms with Crippen molar-refractivity contribution in [3.8, 4) is 11.3 Å². The van der Waals surface area contributed by atoms with Crippen LogP contribution in [0.3, 0.4) is 0 Å². The smallest absolute Gasteiger partial charge is 0.231 e. The van der Waals surface area contributed by atoms with Crippen LogP contribution in [0.15, 0.2) is 29.6 Å². The second-order valence-corrected chi connectivity index (χ2v) is 8.35. The number of rotatable bonds is 3. The number of hydrogen-bond acceptors (Lipinski definition) is 4. The predicted molar refractivity (Wildman–Crippen MR) is 84.7 cm³/mol. The van der Waals surface area contributed by atoms with E-state index in [0.717, 1.165) is 17.5 Å². The van der Waals surface area contributed by atoms with Crippen molar-refractivity contribution in [2.75, 3.05) is 11.0 Å². The maximum atomic E-state index is 11.2. The van der Waals surface area contributed by atoms with Crippen LogP contribution in [0, 0.1) is 0 Å². The lowest BCUT2D eigenvalue weighted by atomic mass is 9.86. The highest BCUT2D eigenvalue weighted by molar-refractivity contribution is 7.92. The van der Waals surface area contributed by atoms with Crippen molar-refractivity contribution >= 4 is 26.5 Å². The molecule has 0 radical (unpaired) electrons. The van der Waals surface area contributed by atoms with Gasteiger partial charge in [0.1, 0.15) is 0 Å². The maximum Gasteiger partial charge on any atom is 0.231 e. The molecule has 0 atom stereocenters. The van der Waals surface area contributed by atoms with Gasteiger partial charge in [-0.1, -0.05) is 45.0 Å². The minimum Gasteiger partial charge on any atom is -0.259 e. The van der Waals surface area contributed by atoms with Crippen molar-refractivity contribution in [3.05, 3.63) is 35.2 Å². The Morgan fingerprint density at radius 2 is 1.75 bits per heavy atom. The Bertz CT molecular complexity index is 696. The predicted octanol–water partition coefficient (Wildman–Crippen LogP) is 3.48. The minimum absolute atomic E-state index is 0.115. The van der Waals surface area contributed by atoms with Gasteiger partial charge in [0.25, 0.3) is 0 Å². The first kappa shape index (κ1) is 15.0. The first-order valence-electron chi connectivity index (χ1n) is 6.19. The summed E-state index contributed by atoms with van der Waals surface area (Å²) in [5, 5.41) is 2.24. The zero-order valence-electron chi connectivity index (χ0n) is 12.0. The summed E-state index contributed by atoms with van der Waals surface area (Å²) in [4.78, 5) is 4.29. The van der Waals surface area contributed by atoms with Crippen molar-refractivity contribution in [1.29, 1.82) is 0 Å². The summed E-state index contributed by atoms with van der Waals surface area (Å²) < 4.78 is 24.7. The number of hydrogen-bond donors (Lipinski definition) is 1. The van der Waals surface area contributed by atoms with Crippen LogP contribution in [0.25, 0.3) is 11.3 Å². The standard InChI is InChI=1S/C14H18N2O2S2/c1-14(2,3)11-7-5-10(6-8-11)12-9-19-13(15-12)16-20(4,17)18/h5-9H,1-4H3,(H,15,16). The number of aromatic nitrogens is 1. The Balaban J connectivity index is 2.25. The molecule has 1 N–H and O–H groups in total. The molecular formula is C14H18N2O2S2. The van der Waals surface area contributed by atoms with E-state index in [2.05, 4.69) is 42.6 Å². The van der Waals surface area contributed by atoms with Gasteiger partial charge in [-0.2, -0.15) is 0 Å². The van der Waals surface area contributed by atoms with E-state index in [1.165, 1.54) is 16.9 Å². The largest absolute Gasteiger partial charge is 0.259 e. The van der Waals surface area contributed by atoms with E-state index in [-0.39, 0.29) is 5.41 Å². The summed E-state index contributed by atoms with van der Waals surface area (Å²) in [6.45, 7) is 6.50. The van der Waals surface area contributed by atoms with E-state index in [4.69, 9.17) is 0 Å². The average Bonchev–Trinajstić information content (AvgIpc) is 2.74. The number of benzene rings is 1. The Kier molecular flexibility index (Phi) is 3.88. The Hall–Kier alpha value is -1.40. The van der Waals surface area contributed by atoms with Crippen molar-refractivity contribution in [3.63, 3.8) is 0 Å². The summed E-state index contributed by atoms with van der Waals surface area (Å²) in [5.74, 6) is 0. The van der Waals surface area contributed by atoms with Gasteiger partial charge < -0.3 is 0 Å². The van der Waals surface area contributed by atoms with Gasteiger partial charge in [0.15, 0.2) is 5.13 Å². The molecule has 6 heteroatoms. The summed E-state index contributed by atoms with van der Waals surface area (Å²) in [7, 11) is -3.27. The lowest BCUT2D eigenvalue weighted by molar-refractivity contribution is 0.590. The summed E-state index contributed by atoms with van der Waals surface area (Å²) >= 11 is 1.28. The van der Waals surface area contributed by atoms with Crippen LogP contribution in [0.2, 0.25) is 0 Å². The molecule has 0 bridgehead atoms. The molecule has 2 rings (SSSR count). The molecule has 0 fully saturated rings.